The first-order valence-corrected chi connectivity index (χ1v) is 15.7. The molecule has 38 heavy (non-hydrogen) atoms. The number of benzene rings is 4. The van der Waals surface area contributed by atoms with Crippen LogP contribution in [0.2, 0.25) is 0 Å². The fourth-order valence-corrected chi connectivity index (χ4v) is 10.3. The molecule has 1 N–H and O–H groups in total. The highest BCUT2D eigenvalue weighted by atomic mass is 79.9. The predicted molar refractivity (Wildman–Crippen MR) is 165 cm³/mol. The van der Waals surface area contributed by atoms with E-state index in [-0.39, 0.29) is 17.9 Å². The van der Waals surface area contributed by atoms with Crippen LogP contribution in [0.5, 0.6) is 5.75 Å². The summed E-state index contributed by atoms with van der Waals surface area (Å²) in [5.74, 6) is 0.767. The summed E-state index contributed by atoms with van der Waals surface area (Å²) in [5, 5.41) is 15.7. The molecule has 0 aliphatic rings. The lowest BCUT2D eigenvalue weighted by Gasteiger charge is -2.37. The van der Waals surface area contributed by atoms with Crippen molar-refractivity contribution in [1.29, 1.82) is 0 Å². The Morgan fingerprint density at radius 3 is 1.63 bits per heavy atom. The van der Waals surface area contributed by atoms with Crippen LogP contribution in [0.1, 0.15) is 27.2 Å². The number of aliphatic hydroxyl groups is 1. The largest absolute Gasteiger partial charge is 0.468 e. The minimum Gasteiger partial charge on any atom is -0.468 e. The molecule has 4 rings (SSSR count). The van der Waals surface area contributed by atoms with E-state index >= 15 is 0 Å². The molecule has 0 aliphatic carbocycles. The minimum absolute atomic E-state index is 0.00649. The second-order valence-corrected chi connectivity index (χ2v) is 15.2. The van der Waals surface area contributed by atoms with E-state index in [4.69, 9.17) is 9.47 Å². The first-order valence-electron chi connectivity index (χ1n) is 13.0. The smallest absolute Gasteiger partial charge is 0.189 e. The Morgan fingerprint density at radius 2 is 1.18 bits per heavy atom. The van der Waals surface area contributed by atoms with Gasteiger partial charge in [0.1, 0.15) is 34.6 Å². The normalized spacial score (nSPS) is 13.6. The van der Waals surface area contributed by atoms with Gasteiger partial charge in [-0.3, -0.25) is 0 Å². The quantitative estimate of drug-likeness (QED) is 0.110. The highest BCUT2D eigenvalue weighted by Gasteiger charge is 2.53. The van der Waals surface area contributed by atoms with E-state index in [1.165, 1.54) is 15.9 Å². The summed E-state index contributed by atoms with van der Waals surface area (Å²) in [4.78, 5) is 0. The van der Waals surface area contributed by atoms with E-state index in [9.17, 15) is 5.11 Å². The Labute approximate surface area is 236 Å². The standard InChI is InChI=1S/C33H37BrO3P/c1-26(32(35)23-33(2,3)24-36-25-37-28-21-19-27(34)20-22-28)38(29-13-7-4-8-14-29,30-15-9-5-10-16-30)31-17-11-6-12-18-31/h4-22,26,32,35H,23-25H2,1-3H3/q+1/t26-,32+/m0/s1. The van der Waals surface area contributed by atoms with Crippen molar-refractivity contribution in [3.05, 3.63) is 120 Å². The summed E-state index contributed by atoms with van der Waals surface area (Å²) in [7, 11) is -2.18. The van der Waals surface area contributed by atoms with Crippen LogP contribution in [0.4, 0.5) is 0 Å². The third kappa shape index (κ3) is 6.74. The second kappa shape index (κ2) is 13.0. The first kappa shape index (κ1) is 28.5. The molecule has 0 bridgehead atoms. The lowest BCUT2D eigenvalue weighted by molar-refractivity contribution is -0.0347. The van der Waals surface area contributed by atoms with Gasteiger partial charge in [0, 0.05) is 4.47 Å². The van der Waals surface area contributed by atoms with Crippen LogP contribution in [0, 0.1) is 5.41 Å². The van der Waals surface area contributed by atoms with Crippen LogP contribution < -0.4 is 20.7 Å². The molecule has 0 unspecified atom stereocenters. The van der Waals surface area contributed by atoms with Crippen LogP contribution in [0.3, 0.4) is 0 Å². The highest BCUT2D eigenvalue weighted by Crippen LogP contribution is 2.61. The summed E-state index contributed by atoms with van der Waals surface area (Å²) in [6.07, 6.45) is 0.0793. The van der Waals surface area contributed by atoms with Crippen molar-refractivity contribution in [1.82, 2.24) is 0 Å². The summed E-state index contributed by atoms with van der Waals surface area (Å²) in [6, 6.07) is 39.9. The van der Waals surface area contributed by atoms with Crippen molar-refractivity contribution in [3.63, 3.8) is 0 Å². The zero-order chi connectivity index (χ0) is 27.0. The fraction of sp³-hybridized carbons (Fsp3) is 0.273. The average molecular weight is 593 g/mol. The molecular formula is C33H37BrO3P+. The maximum absolute atomic E-state index is 11.9. The van der Waals surface area contributed by atoms with Crippen molar-refractivity contribution in [2.45, 2.75) is 39.0 Å². The minimum atomic E-state index is -2.18. The van der Waals surface area contributed by atoms with Gasteiger partial charge in [-0.1, -0.05) is 84.4 Å². The van der Waals surface area contributed by atoms with Gasteiger partial charge in [-0.2, -0.15) is 0 Å². The Bertz CT molecular complexity index is 1150. The molecule has 4 aromatic carbocycles. The van der Waals surface area contributed by atoms with Crippen molar-refractivity contribution in [3.8, 4) is 5.75 Å². The Balaban J connectivity index is 1.57. The first-order chi connectivity index (χ1) is 18.3. The van der Waals surface area contributed by atoms with Crippen LogP contribution in [-0.4, -0.2) is 30.3 Å². The molecule has 0 radical (unpaired) electrons. The van der Waals surface area contributed by atoms with E-state index in [1.807, 2.05) is 24.3 Å². The Hall–Kier alpha value is -2.49. The lowest BCUT2D eigenvalue weighted by Crippen LogP contribution is -2.44. The van der Waals surface area contributed by atoms with Gasteiger partial charge in [-0.05, 0) is 79.4 Å². The highest BCUT2D eigenvalue weighted by molar-refractivity contribution is 9.10. The van der Waals surface area contributed by atoms with Crippen LogP contribution in [0.25, 0.3) is 0 Å². The summed E-state index contributed by atoms with van der Waals surface area (Å²) < 4.78 is 12.7. The molecule has 0 heterocycles. The SMILES string of the molecule is C[C@@H]([C@H](O)CC(C)(C)COCOc1ccc(Br)cc1)[P+](c1ccccc1)(c1ccccc1)c1ccccc1. The van der Waals surface area contributed by atoms with Gasteiger partial charge in [0.25, 0.3) is 0 Å². The van der Waals surface area contributed by atoms with Gasteiger partial charge < -0.3 is 14.6 Å². The van der Waals surface area contributed by atoms with Crippen LogP contribution in [-0.2, 0) is 4.74 Å². The molecule has 0 saturated carbocycles. The maximum Gasteiger partial charge on any atom is 0.189 e. The van der Waals surface area contributed by atoms with E-state index < -0.39 is 13.4 Å². The zero-order valence-electron chi connectivity index (χ0n) is 22.3. The van der Waals surface area contributed by atoms with Gasteiger partial charge in [0.15, 0.2) is 6.79 Å². The fourth-order valence-electron chi connectivity index (χ4n) is 5.15. The van der Waals surface area contributed by atoms with E-state index in [0.29, 0.717) is 13.0 Å². The molecule has 0 spiro atoms. The van der Waals surface area contributed by atoms with Gasteiger partial charge in [-0.25, -0.2) is 0 Å². The lowest BCUT2D eigenvalue weighted by atomic mass is 9.87. The van der Waals surface area contributed by atoms with Gasteiger partial charge in [0.2, 0.25) is 0 Å². The Morgan fingerprint density at radius 1 is 0.737 bits per heavy atom. The number of halogens is 1. The van der Waals surface area contributed by atoms with E-state index in [1.54, 1.807) is 0 Å². The van der Waals surface area contributed by atoms with Crippen LogP contribution >= 0.6 is 23.2 Å². The third-order valence-electron chi connectivity index (χ3n) is 7.04. The summed E-state index contributed by atoms with van der Waals surface area (Å²) in [6.45, 7) is 7.18. The van der Waals surface area contributed by atoms with E-state index in [2.05, 4.69) is 128 Å². The molecule has 0 saturated heterocycles. The predicted octanol–water partition coefficient (Wildman–Crippen LogP) is 6.96. The van der Waals surface area contributed by atoms with E-state index in [0.717, 1.165) is 10.2 Å². The number of aliphatic hydroxyl groups excluding tert-OH is 1. The molecule has 198 valence electrons. The molecular weight excluding hydrogens is 555 g/mol. The molecule has 0 aliphatic heterocycles. The van der Waals surface area contributed by atoms with Crippen molar-refractivity contribution in [2.75, 3.05) is 13.4 Å². The molecule has 0 amide bonds. The third-order valence-corrected chi connectivity index (χ3v) is 12.5. The molecule has 3 nitrogen and oxygen atoms in total. The van der Waals surface area contributed by atoms with Crippen molar-refractivity contribution >= 4 is 39.1 Å². The molecule has 0 aromatic heterocycles. The average Bonchev–Trinajstić information content (AvgIpc) is 2.94. The number of hydrogen-bond donors (Lipinski definition) is 1. The van der Waals surface area contributed by atoms with Gasteiger partial charge in [0.05, 0.1) is 12.7 Å². The zero-order valence-corrected chi connectivity index (χ0v) is 24.8. The molecule has 4 aromatic rings. The topological polar surface area (TPSA) is 38.7 Å². The summed E-state index contributed by atoms with van der Waals surface area (Å²) in [5.41, 5.74) is -0.246. The maximum atomic E-state index is 11.9. The van der Waals surface area contributed by atoms with Crippen molar-refractivity contribution < 1.29 is 14.6 Å². The van der Waals surface area contributed by atoms with Crippen molar-refractivity contribution in [2.24, 2.45) is 5.41 Å². The number of rotatable bonds is 12. The number of hydrogen-bond acceptors (Lipinski definition) is 3. The van der Waals surface area contributed by atoms with Gasteiger partial charge >= 0.3 is 0 Å². The van der Waals surface area contributed by atoms with Gasteiger partial charge in [-0.15, -0.1) is 0 Å². The molecule has 5 heteroatoms. The molecule has 0 fully saturated rings. The van der Waals surface area contributed by atoms with Crippen LogP contribution in [0.15, 0.2) is 120 Å². The molecule has 2 atom stereocenters. The Kier molecular flexibility index (Phi) is 9.79. The summed E-state index contributed by atoms with van der Waals surface area (Å²) >= 11 is 3.44. The monoisotopic (exact) mass is 591 g/mol. The second-order valence-electron chi connectivity index (χ2n) is 10.5. The number of ether oxygens (including phenoxy) is 2.